The molecule has 2 N–H and O–H groups in total. The molecule has 11 rings (SSSR count). The number of nitrogens with one attached hydrogen (secondary N) is 1. The molecule has 7 aromatic carbocycles. The molecule has 0 saturated carbocycles. The number of hydrogen-bond donors (Lipinski definition) is 3. The van der Waals surface area contributed by atoms with Gasteiger partial charge in [0.05, 0.1) is 62.5 Å². The summed E-state index contributed by atoms with van der Waals surface area (Å²) in [6.07, 6.45) is 0.0712. The topological polar surface area (TPSA) is 251 Å². The Bertz CT molecular complexity index is 4400. The fourth-order valence-electron chi connectivity index (χ4n) is 7.79. The molecule has 0 spiro atoms. The third-order valence-corrected chi connectivity index (χ3v) is 12.6. The Kier molecular flexibility index (Phi) is 32.8. The SMILES string of the molecule is C.COC(=O)Cc1ccccc1C(=O)OC.COC(=O)c1ccccc1C(Br)C(=O)OC.ClC(Cl)(Cl)Cl.Clc1nc2c3ccccc3oc2c2ccccc12.N#Cc1ccccc1O.O=P(Cl)(Cl)Cl.O=c1[nH]c2c3ccccc3oc2c2ccccc12.[B]=NS. The first-order valence-corrected chi connectivity index (χ1v) is 32.4. The van der Waals surface area contributed by atoms with Crippen molar-refractivity contribution >= 4 is 223 Å². The number of methoxy groups -OCH3 is 4. The summed E-state index contributed by atoms with van der Waals surface area (Å²) in [6.45, 7) is 0. The van der Waals surface area contributed by atoms with E-state index in [-0.39, 0.29) is 31.1 Å². The Morgan fingerprint density at radius 1 is 0.678 bits per heavy atom. The number of pyridine rings is 2. The number of hydrogen-bond acceptors (Lipinski definition) is 17. The van der Waals surface area contributed by atoms with E-state index in [2.05, 4.69) is 103 Å². The van der Waals surface area contributed by atoms with Crippen LogP contribution in [-0.4, -0.2) is 78.3 Å². The second kappa shape index (κ2) is 38.1. The Morgan fingerprint density at radius 2 is 1.10 bits per heavy atom. The average Bonchev–Trinajstić information content (AvgIpc) is 1.60. The predicted octanol–water partition coefficient (Wildman–Crippen LogP) is 18.9. The fraction of sp³-hybridized carbons (Fsp3) is 0.131. The molecular formula is C61H50BBrCl8N4O13PS. The Labute approximate surface area is 569 Å². The van der Waals surface area contributed by atoms with Crippen molar-refractivity contribution in [2.45, 2.75) is 21.9 Å². The number of esters is 4. The zero-order valence-electron chi connectivity index (χ0n) is 46.5. The van der Waals surface area contributed by atoms with E-state index in [1.807, 2.05) is 97.1 Å². The number of rotatable bonds is 6. The minimum atomic E-state index is -3.22. The quantitative estimate of drug-likeness (QED) is 0.0266. The van der Waals surface area contributed by atoms with E-state index in [1.54, 1.807) is 72.8 Å². The van der Waals surface area contributed by atoms with Crippen LogP contribution in [0.3, 0.4) is 0 Å². The number of para-hydroxylation sites is 3. The number of benzene rings is 7. The van der Waals surface area contributed by atoms with Gasteiger partial charge in [0.15, 0.2) is 11.2 Å². The van der Waals surface area contributed by atoms with Crippen LogP contribution in [-0.2, 0) is 39.5 Å². The normalized spacial score (nSPS) is 10.6. The number of ether oxygens (including phenoxy) is 4. The molecule has 0 amide bonds. The van der Waals surface area contributed by atoms with Gasteiger partial charge in [-0.2, -0.15) is 5.26 Å². The summed E-state index contributed by atoms with van der Waals surface area (Å²) in [7, 11) is 9.53. The van der Waals surface area contributed by atoms with Crippen molar-refractivity contribution < 1.29 is 56.6 Å². The predicted molar refractivity (Wildman–Crippen MR) is 369 cm³/mol. The van der Waals surface area contributed by atoms with Crippen LogP contribution in [0.5, 0.6) is 5.75 Å². The number of aromatic nitrogens is 2. The van der Waals surface area contributed by atoms with Gasteiger partial charge >= 0.3 is 53.8 Å². The number of aromatic amines is 1. The van der Waals surface area contributed by atoms with E-state index in [0.717, 1.165) is 60.3 Å². The molecule has 0 aliphatic heterocycles. The molecule has 4 heterocycles. The molecule has 0 bridgehead atoms. The molecule has 90 heavy (non-hydrogen) atoms. The van der Waals surface area contributed by atoms with Crippen molar-refractivity contribution in [3.05, 3.63) is 213 Å². The first kappa shape index (κ1) is 77.4. The van der Waals surface area contributed by atoms with Crippen LogP contribution < -0.4 is 5.56 Å². The van der Waals surface area contributed by atoms with Crippen molar-refractivity contribution in [3.63, 3.8) is 0 Å². The van der Waals surface area contributed by atoms with Gasteiger partial charge in [-0.25, -0.2) is 14.6 Å². The molecule has 1 atom stereocenters. The summed E-state index contributed by atoms with van der Waals surface area (Å²) in [5.41, 5.74) is 6.89. The van der Waals surface area contributed by atoms with Gasteiger partial charge in [0.1, 0.15) is 38.5 Å². The van der Waals surface area contributed by atoms with Crippen molar-refractivity contribution in [3.8, 4) is 11.8 Å². The molecule has 1 radical (unpaired) electrons. The zero-order chi connectivity index (χ0) is 66.0. The van der Waals surface area contributed by atoms with E-state index in [0.29, 0.717) is 38.4 Å². The third kappa shape index (κ3) is 23.8. The Morgan fingerprint density at radius 3 is 1.62 bits per heavy atom. The fourth-order valence-corrected chi connectivity index (χ4v) is 8.62. The molecule has 4 aromatic heterocycles. The summed E-state index contributed by atoms with van der Waals surface area (Å²) < 4.78 is 40.7. The number of alkyl halides is 5. The number of H-pyrrole nitrogens is 1. The van der Waals surface area contributed by atoms with Gasteiger partial charge in [0.25, 0.3) is 8.81 Å². The van der Waals surface area contributed by atoms with Crippen LogP contribution in [0.15, 0.2) is 188 Å². The molecule has 0 fully saturated rings. The van der Waals surface area contributed by atoms with Crippen molar-refractivity contribution in [1.82, 2.24) is 9.97 Å². The first-order valence-electron chi connectivity index (χ1n) is 24.8. The Balaban J connectivity index is 0.000000282. The summed E-state index contributed by atoms with van der Waals surface area (Å²) in [5, 5.41) is 19.9. The van der Waals surface area contributed by atoms with Gasteiger partial charge < -0.3 is 37.9 Å². The van der Waals surface area contributed by atoms with E-state index >= 15 is 0 Å². The Hall–Kier alpha value is -6.83. The van der Waals surface area contributed by atoms with E-state index in [1.165, 1.54) is 34.5 Å². The number of thiol groups is 1. The molecule has 469 valence electrons. The van der Waals surface area contributed by atoms with Gasteiger partial charge in [0.2, 0.25) is 0 Å². The summed E-state index contributed by atoms with van der Waals surface area (Å²) in [5.74, 6) is -1.74. The average molecular weight is 1480 g/mol. The maximum atomic E-state index is 12.0. The van der Waals surface area contributed by atoms with Gasteiger partial charge in [0, 0.05) is 26.9 Å². The number of fused-ring (bicyclic) bond motifs is 10. The maximum absolute atomic E-state index is 12.0. The number of carbonyl (C=O) groups is 4. The molecule has 29 heteroatoms. The van der Waals surface area contributed by atoms with Crippen molar-refractivity contribution in [2.75, 3.05) is 28.4 Å². The number of phenols is 1. The number of carbonyl (C=O) groups excluding carboxylic acids is 4. The molecule has 0 aliphatic carbocycles. The molecule has 1 unspecified atom stereocenters. The zero-order valence-corrected chi connectivity index (χ0v) is 55.9. The van der Waals surface area contributed by atoms with Gasteiger partial charge in [-0.05, 0) is 99.4 Å². The van der Waals surface area contributed by atoms with E-state index in [9.17, 15) is 28.5 Å². The number of furan rings is 2. The first-order chi connectivity index (χ1) is 42.2. The van der Waals surface area contributed by atoms with E-state index in [4.69, 9.17) is 77.2 Å². The van der Waals surface area contributed by atoms with Gasteiger partial charge in [-0.15, -0.1) is 0 Å². The number of halogens is 9. The molecule has 0 aliphatic rings. The number of nitrogens with zero attached hydrogens (tertiary/aromatic N) is 3. The van der Waals surface area contributed by atoms with Crippen LogP contribution in [0.4, 0.5) is 0 Å². The summed E-state index contributed by atoms with van der Waals surface area (Å²) >= 11 is 45.8. The number of nitriles is 1. The van der Waals surface area contributed by atoms with Crippen LogP contribution >= 0.6 is 126 Å². The van der Waals surface area contributed by atoms with Gasteiger partial charge in [-0.1, -0.05) is 197 Å². The third-order valence-electron chi connectivity index (χ3n) is 11.5. The molecule has 0 saturated heterocycles. The molecule has 17 nitrogen and oxygen atoms in total. The molecular weight excluding hydrogens is 1430 g/mol. The van der Waals surface area contributed by atoms with Crippen LogP contribution in [0, 0.1) is 11.3 Å². The van der Waals surface area contributed by atoms with Crippen LogP contribution in [0.25, 0.3) is 65.7 Å². The van der Waals surface area contributed by atoms with Crippen LogP contribution in [0.2, 0.25) is 5.15 Å². The molecule has 11 aromatic rings. The standard InChI is InChI=1S/C15H8ClNO.C15H9NO2.C11H11BrO4.C11H12O4.C7H5NO.CCl4.CH4.BHNS.Cl3OP/c16-15-10-6-2-1-5-9(10)14-13(17-15)11-7-3-4-8-12(11)18-14;17-15-10-6-2-1-5-9(10)14-13(16-15)11-7-3-4-8-12(11)18-14;1-15-10(13)8-6-4-3-5-7(8)9(12)11(14)16-2;1-14-10(12)7-8-5-3-4-6-9(8)11(13)15-2;8-5-6-3-1-2-4-7(6)9;2-1(3,4)5;;1-2-3;1-5(2,3)4/h1-8H;1-8H,(H,16,17);3-6,9H,1-2H3;3-6H,7H2,1-2H3;1-4,9H;;1H4;3H;. The summed E-state index contributed by atoms with van der Waals surface area (Å²) in [6, 6.07) is 52.7. The summed E-state index contributed by atoms with van der Waals surface area (Å²) in [4.78, 5) is 63.9. The monoisotopic (exact) mass is 1480 g/mol. The number of phenolic OH excluding ortho intramolecular Hbond substituents is 1. The van der Waals surface area contributed by atoms with Crippen LogP contribution in [0.1, 0.15) is 49.7 Å². The second-order valence-corrected chi connectivity index (χ2v) is 28.5. The van der Waals surface area contributed by atoms with Gasteiger partial charge in [-0.3, -0.25) is 18.9 Å². The second-order valence-electron chi connectivity index (χ2n) is 17.0. The number of aromatic hydroxyl groups is 1. The minimum absolute atomic E-state index is 0. The van der Waals surface area contributed by atoms with Crippen molar-refractivity contribution in [1.29, 1.82) is 5.26 Å². The van der Waals surface area contributed by atoms with E-state index < -0.39 is 31.2 Å². The van der Waals surface area contributed by atoms with Crippen molar-refractivity contribution in [2.24, 2.45) is 4.30 Å².